The van der Waals surface area contributed by atoms with E-state index in [0.717, 1.165) is 12.2 Å². The molecular formula is C17H28O6. The van der Waals surface area contributed by atoms with E-state index in [9.17, 15) is 9.59 Å². The Morgan fingerprint density at radius 1 is 0.913 bits per heavy atom. The first-order chi connectivity index (χ1) is 10.7. The van der Waals surface area contributed by atoms with E-state index in [-0.39, 0.29) is 17.6 Å². The minimum atomic E-state index is -0.466. The average molecular weight is 328 g/mol. The molecule has 0 spiro atoms. The van der Waals surface area contributed by atoms with Gasteiger partial charge in [0.1, 0.15) is 12.2 Å². The van der Waals surface area contributed by atoms with E-state index in [0.29, 0.717) is 26.4 Å². The minimum absolute atomic E-state index is 0.218. The molecule has 2 unspecified atom stereocenters. The van der Waals surface area contributed by atoms with Crippen LogP contribution in [0, 0.1) is 5.41 Å². The van der Waals surface area contributed by atoms with Crippen molar-refractivity contribution in [3.8, 4) is 0 Å². The number of esters is 2. The summed E-state index contributed by atoms with van der Waals surface area (Å²) < 4.78 is 21.1. The minimum Gasteiger partial charge on any atom is -0.457 e. The van der Waals surface area contributed by atoms with E-state index in [1.807, 2.05) is 13.8 Å². The Labute approximate surface area is 138 Å². The van der Waals surface area contributed by atoms with Gasteiger partial charge in [0.15, 0.2) is 0 Å². The summed E-state index contributed by atoms with van der Waals surface area (Å²) in [6.45, 7) is 15.7. The van der Waals surface area contributed by atoms with Crippen molar-refractivity contribution >= 4 is 11.9 Å². The first-order valence-electron chi connectivity index (χ1n) is 7.51. The van der Waals surface area contributed by atoms with E-state index in [1.54, 1.807) is 13.8 Å². The summed E-state index contributed by atoms with van der Waals surface area (Å²) in [5.74, 6) is -0.932. The van der Waals surface area contributed by atoms with E-state index in [1.165, 1.54) is 0 Å². The van der Waals surface area contributed by atoms with Crippen LogP contribution in [-0.4, -0.2) is 50.6 Å². The van der Waals surface area contributed by atoms with E-state index >= 15 is 0 Å². The van der Waals surface area contributed by atoms with Crippen LogP contribution >= 0.6 is 0 Å². The monoisotopic (exact) mass is 328 g/mol. The van der Waals surface area contributed by atoms with Gasteiger partial charge in [-0.15, -0.1) is 0 Å². The summed E-state index contributed by atoms with van der Waals surface area (Å²) >= 11 is 0. The SMILES string of the molecule is C=CC(=O)OC(C)COCC(C)(C)COCC(C)OC(=O)C=C. The molecule has 0 saturated carbocycles. The van der Waals surface area contributed by atoms with Gasteiger partial charge in [0.25, 0.3) is 0 Å². The lowest BCUT2D eigenvalue weighted by molar-refractivity contribution is -0.146. The van der Waals surface area contributed by atoms with Crippen molar-refractivity contribution in [2.75, 3.05) is 26.4 Å². The quantitative estimate of drug-likeness (QED) is 0.404. The molecule has 0 aromatic carbocycles. The number of hydrogen-bond acceptors (Lipinski definition) is 6. The first-order valence-corrected chi connectivity index (χ1v) is 7.51. The topological polar surface area (TPSA) is 71.1 Å². The fourth-order valence-corrected chi connectivity index (χ4v) is 1.60. The van der Waals surface area contributed by atoms with Crippen LogP contribution in [-0.2, 0) is 28.5 Å². The smallest absolute Gasteiger partial charge is 0.330 e. The lowest BCUT2D eigenvalue weighted by atomic mass is 9.96. The van der Waals surface area contributed by atoms with Gasteiger partial charge >= 0.3 is 11.9 Å². The predicted molar refractivity (Wildman–Crippen MR) is 86.9 cm³/mol. The van der Waals surface area contributed by atoms with Crippen molar-refractivity contribution in [1.82, 2.24) is 0 Å². The average Bonchev–Trinajstić information content (AvgIpc) is 2.46. The molecule has 0 aliphatic rings. The third kappa shape index (κ3) is 11.5. The van der Waals surface area contributed by atoms with Gasteiger partial charge in [-0.2, -0.15) is 0 Å². The van der Waals surface area contributed by atoms with Gasteiger partial charge in [0.05, 0.1) is 26.4 Å². The molecule has 0 fully saturated rings. The summed E-state index contributed by atoms with van der Waals surface area (Å²) in [6.07, 6.45) is 1.56. The summed E-state index contributed by atoms with van der Waals surface area (Å²) in [4.78, 5) is 22.1. The fourth-order valence-electron chi connectivity index (χ4n) is 1.60. The fraction of sp³-hybridized carbons (Fsp3) is 0.647. The standard InChI is InChI=1S/C17H28O6/c1-7-15(18)22-13(3)9-20-11-17(5,6)12-21-10-14(4)23-16(19)8-2/h7-8,13-14H,1-2,9-12H2,3-6H3. The zero-order chi connectivity index (χ0) is 17.9. The van der Waals surface area contributed by atoms with Gasteiger partial charge in [-0.1, -0.05) is 27.0 Å². The van der Waals surface area contributed by atoms with E-state index in [2.05, 4.69) is 13.2 Å². The van der Waals surface area contributed by atoms with Crippen molar-refractivity contribution in [3.63, 3.8) is 0 Å². The summed E-state index contributed by atoms with van der Waals surface area (Å²) in [5.41, 5.74) is -0.218. The molecule has 0 radical (unpaired) electrons. The van der Waals surface area contributed by atoms with Gasteiger partial charge in [-0.3, -0.25) is 0 Å². The van der Waals surface area contributed by atoms with Crippen molar-refractivity contribution in [2.45, 2.75) is 39.9 Å². The molecular weight excluding hydrogens is 300 g/mol. The molecule has 0 rings (SSSR count). The molecule has 6 nitrogen and oxygen atoms in total. The van der Waals surface area contributed by atoms with Crippen LogP contribution in [0.4, 0.5) is 0 Å². The third-order valence-corrected chi connectivity index (χ3v) is 2.66. The van der Waals surface area contributed by atoms with Crippen LogP contribution in [0.2, 0.25) is 0 Å². The molecule has 2 atom stereocenters. The van der Waals surface area contributed by atoms with Crippen LogP contribution in [0.15, 0.2) is 25.3 Å². The molecule has 0 aliphatic carbocycles. The van der Waals surface area contributed by atoms with Crippen LogP contribution in [0.25, 0.3) is 0 Å². The van der Waals surface area contributed by atoms with Crippen LogP contribution in [0.5, 0.6) is 0 Å². The highest BCUT2D eigenvalue weighted by molar-refractivity contribution is 5.81. The highest BCUT2D eigenvalue weighted by atomic mass is 16.6. The third-order valence-electron chi connectivity index (χ3n) is 2.66. The molecule has 6 heteroatoms. The van der Waals surface area contributed by atoms with E-state index in [4.69, 9.17) is 18.9 Å². The zero-order valence-corrected chi connectivity index (χ0v) is 14.5. The van der Waals surface area contributed by atoms with Crippen LogP contribution in [0.1, 0.15) is 27.7 Å². The van der Waals surface area contributed by atoms with Crippen LogP contribution in [0.3, 0.4) is 0 Å². The first kappa shape index (κ1) is 21.3. The lowest BCUT2D eigenvalue weighted by Crippen LogP contribution is -2.30. The highest BCUT2D eigenvalue weighted by Crippen LogP contribution is 2.16. The molecule has 0 N–H and O–H groups in total. The van der Waals surface area contributed by atoms with Gasteiger partial charge in [0.2, 0.25) is 0 Å². The van der Waals surface area contributed by atoms with Gasteiger partial charge in [0, 0.05) is 17.6 Å². The molecule has 0 saturated heterocycles. The normalized spacial score (nSPS) is 13.7. The lowest BCUT2D eigenvalue weighted by Gasteiger charge is -2.25. The Balaban J connectivity index is 3.91. The second kappa shape index (κ2) is 11.0. The summed E-state index contributed by atoms with van der Waals surface area (Å²) in [6, 6.07) is 0. The van der Waals surface area contributed by atoms with Crippen molar-refractivity contribution in [3.05, 3.63) is 25.3 Å². The number of ether oxygens (including phenoxy) is 4. The molecule has 0 aromatic heterocycles. The maximum atomic E-state index is 11.0. The second-order valence-electron chi connectivity index (χ2n) is 6.10. The molecule has 0 heterocycles. The number of carbonyl (C=O) groups is 2. The second-order valence-corrected chi connectivity index (χ2v) is 6.10. The Bertz CT molecular complexity index is 366. The van der Waals surface area contributed by atoms with Crippen molar-refractivity contribution in [1.29, 1.82) is 0 Å². The van der Waals surface area contributed by atoms with Crippen molar-refractivity contribution < 1.29 is 28.5 Å². The molecule has 0 bridgehead atoms. The summed E-state index contributed by atoms with van der Waals surface area (Å²) in [7, 11) is 0. The molecule has 0 amide bonds. The predicted octanol–water partition coefficient (Wildman–Crippen LogP) is 2.28. The van der Waals surface area contributed by atoms with Crippen molar-refractivity contribution in [2.24, 2.45) is 5.41 Å². The molecule has 0 aliphatic heterocycles. The summed E-state index contributed by atoms with van der Waals surface area (Å²) in [5, 5.41) is 0. The Morgan fingerprint density at radius 2 is 1.26 bits per heavy atom. The largest absolute Gasteiger partial charge is 0.457 e. The van der Waals surface area contributed by atoms with Crippen LogP contribution < -0.4 is 0 Å². The van der Waals surface area contributed by atoms with E-state index < -0.39 is 11.9 Å². The Hall–Kier alpha value is -1.66. The molecule has 23 heavy (non-hydrogen) atoms. The number of rotatable bonds is 12. The molecule has 0 aromatic rings. The van der Waals surface area contributed by atoms with Gasteiger partial charge < -0.3 is 18.9 Å². The Morgan fingerprint density at radius 3 is 1.57 bits per heavy atom. The Kier molecular flexibility index (Phi) is 10.2. The maximum Gasteiger partial charge on any atom is 0.330 e. The molecule has 132 valence electrons. The number of carbonyl (C=O) groups excluding carboxylic acids is 2. The zero-order valence-electron chi connectivity index (χ0n) is 14.5. The maximum absolute atomic E-state index is 11.0. The van der Waals surface area contributed by atoms with Gasteiger partial charge in [-0.25, -0.2) is 9.59 Å². The highest BCUT2D eigenvalue weighted by Gasteiger charge is 2.20. The van der Waals surface area contributed by atoms with Gasteiger partial charge in [-0.05, 0) is 13.8 Å². The number of hydrogen-bond donors (Lipinski definition) is 0.